The Morgan fingerprint density at radius 3 is 3.00 bits per heavy atom. The summed E-state index contributed by atoms with van der Waals surface area (Å²) in [5.41, 5.74) is 1.18. The van der Waals surface area contributed by atoms with Crippen molar-refractivity contribution in [3.8, 4) is 0 Å². The van der Waals surface area contributed by atoms with Gasteiger partial charge in [-0.1, -0.05) is 6.92 Å². The number of hydrogen-bond donors (Lipinski definition) is 1. The molecule has 0 atom stereocenters. The fourth-order valence-electron chi connectivity index (χ4n) is 1.73. The first-order chi connectivity index (χ1) is 8.11. The number of rotatable bonds is 8. The summed E-state index contributed by atoms with van der Waals surface area (Å²) in [6.45, 7) is 4.69. The zero-order valence-corrected chi connectivity index (χ0v) is 10.6. The molecule has 5 heteroatoms. The molecule has 0 bridgehead atoms. The first kappa shape index (κ1) is 13.7. The normalized spacial score (nSPS) is 11.0. The van der Waals surface area contributed by atoms with Gasteiger partial charge in [-0.2, -0.15) is 5.10 Å². The highest BCUT2D eigenvalue weighted by Gasteiger charge is 2.04. The van der Waals surface area contributed by atoms with Crippen molar-refractivity contribution in [2.75, 3.05) is 13.6 Å². The third-order valence-electron chi connectivity index (χ3n) is 2.52. The van der Waals surface area contributed by atoms with E-state index in [1.54, 1.807) is 0 Å². The standard InChI is InChI=1S/C12H21N3O2/c1-3-6-15-10-11(8-13-15)9-14(2)7-4-5-12(16)17/h8,10H,3-7,9H2,1-2H3,(H,16,17). The number of aliphatic carboxylic acids is 1. The van der Waals surface area contributed by atoms with Crippen LogP contribution in [0.25, 0.3) is 0 Å². The van der Waals surface area contributed by atoms with E-state index in [1.165, 1.54) is 5.56 Å². The molecule has 0 unspecified atom stereocenters. The highest BCUT2D eigenvalue weighted by Crippen LogP contribution is 2.04. The molecule has 0 spiro atoms. The van der Waals surface area contributed by atoms with Gasteiger partial charge in [0.25, 0.3) is 0 Å². The van der Waals surface area contributed by atoms with Crippen LogP contribution in [0.15, 0.2) is 12.4 Å². The molecule has 1 heterocycles. The summed E-state index contributed by atoms with van der Waals surface area (Å²) in [6.07, 6.45) is 5.94. The van der Waals surface area contributed by atoms with E-state index in [-0.39, 0.29) is 6.42 Å². The topological polar surface area (TPSA) is 58.4 Å². The van der Waals surface area contributed by atoms with Gasteiger partial charge in [0.15, 0.2) is 0 Å². The Labute approximate surface area is 102 Å². The fraction of sp³-hybridized carbons (Fsp3) is 0.667. The van der Waals surface area contributed by atoms with E-state index < -0.39 is 5.97 Å². The van der Waals surface area contributed by atoms with Gasteiger partial charge in [0.1, 0.15) is 0 Å². The predicted octanol–water partition coefficient (Wildman–Crippen LogP) is 1.59. The summed E-state index contributed by atoms with van der Waals surface area (Å²) in [5, 5.41) is 12.8. The van der Waals surface area contributed by atoms with Crippen molar-refractivity contribution in [2.45, 2.75) is 39.3 Å². The monoisotopic (exact) mass is 239 g/mol. The lowest BCUT2D eigenvalue weighted by Crippen LogP contribution is -2.19. The first-order valence-electron chi connectivity index (χ1n) is 6.03. The SMILES string of the molecule is CCCn1cc(CN(C)CCCC(=O)O)cn1. The molecule has 96 valence electrons. The van der Waals surface area contributed by atoms with Crippen LogP contribution in [0.3, 0.4) is 0 Å². The van der Waals surface area contributed by atoms with Crippen LogP contribution in [0.1, 0.15) is 31.7 Å². The predicted molar refractivity (Wildman–Crippen MR) is 65.7 cm³/mol. The maximum absolute atomic E-state index is 10.4. The molecule has 0 saturated heterocycles. The van der Waals surface area contributed by atoms with Crippen LogP contribution in [0, 0.1) is 0 Å². The van der Waals surface area contributed by atoms with Gasteiger partial charge in [-0.25, -0.2) is 0 Å². The minimum atomic E-state index is -0.728. The maximum atomic E-state index is 10.4. The van der Waals surface area contributed by atoms with E-state index in [2.05, 4.69) is 23.1 Å². The lowest BCUT2D eigenvalue weighted by atomic mass is 10.3. The van der Waals surface area contributed by atoms with E-state index in [9.17, 15) is 4.79 Å². The second kappa shape index (κ2) is 7.06. The molecule has 0 aliphatic carbocycles. The Balaban J connectivity index is 2.29. The largest absolute Gasteiger partial charge is 0.481 e. The third-order valence-corrected chi connectivity index (χ3v) is 2.52. The zero-order valence-electron chi connectivity index (χ0n) is 10.6. The number of aryl methyl sites for hydroxylation is 1. The van der Waals surface area contributed by atoms with Crippen molar-refractivity contribution in [1.29, 1.82) is 0 Å². The molecule has 1 aromatic heterocycles. The molecule has 0 fully saturated rings. The van der Waals surface area contributed by atoms with Gasteiger partial charge in [0.2, 0.25) is 0 Å². The molecule has 17 heavy (non-hydrogen) atoms. The molecule has 0 aliphatic heterocycles. The fourth-order valence-corrected chi connectivity index (χ4v) is 1.73. The summed E-state index contributed by atoms with van der Waals surface area (Å²) < 4.78 is 1.94. The number of aromatic nitrogens is 2. The molecule has 1 aromatic rings. The van der Waals surface area contributed by atoms with Crippen molar-refractivity contribution in [3.05, 3.63) is 18.0 Å². The Morgan fingerprint density at radius 1 is 1.59 bits per heavy atom. The van der Waals surface area contributed by atoms with Crippen molar-refractivity contribution < 1.29 is 9.90 Å². The highest BCUT2D eigenvalue weighted by molar-refractivity contribution is 5.66. The molecule has 1 N–H and O–H groups in total. The zero-order chi connectivity index (χ0) is 12.7. The van der Waals surface area contributed by atoms with Crippen LogP contribution in [0.2, 0.25) is 0 Å². The van der Waals surface area contributed by atoms with Crippen molar-refractivity contribution in [1.82, 2.24) is 14.7 Å². The summed E-state index contributed by atoms with van der Waals surface area (Å²) in [5.74, 6) is -0.728. The first-order valence-corrected chi connectivity index (χ1v) is 6.03. The number of nitrogens with zero attached hydrogens (tertiary/aromatic N) is 3. The molecule has 1 rings (SSSR count). The van der Waals surface area contributed by atoms with Crippen LogP contribution in [0.5, 0.6) is 0 Å². The van der Waals surface area contributed by atoms with Gasteiger partial charge < -0.3 is 10.0 Å². The summed E-state index contributed by atoms with van der Waals surface area (Å²) in [6, 6.07) is 0. The Bertz CT molecular complexity index is 349. The van der Waals surface area contributed by atoms with E-state index in [0.717, 1.165) is 26.1 Å². The van der Waals surface area contributed by atoms with Crippen LogP contribution in [0.4, 0.5) is 0 Å². The van der Waals surface area contributed by atoms with Crippen molar-refractivity contribution in [2.24, 2.45) is 0 Å². The van der Waals surface area contributed by atoms with E-state index in [1.807, 2.05) is 17.9 Å². The minimum Gasteiger partial charge on any atom is -0.481 e. The smallest absolute Gasteiger partial charge is 0.303 e. The van der Waals surface area contributed by atoms with Gasteiger partial charge in [0.05, 0.1) is 6.20 Å². The number of carboxylic acid groups (broad SMARTS) is 1. The molecular weight excluding hydrogens is 218 g/mol. The van der Waals surface area contributed by atoms with Crippen LogP contribution < -0.4 is 0 Å². The Hall–Kier alpha value is -1.36. The number of carboxylic acids is 1. The molecule has 0 aliphatic rings. The Kier molecular flexibility index (Phi) is 5.69. The van der Waals surface area contributed by atoms with Gasteiger partial charge in [-0.3, -0.25) is 9.48 Å². The average molecular weight is 239 g/mol. The molecule has 0 aromatic carbocycles. The lowest BCUT2D eigenvalue weighted by Gasteiger charge is -2.14. The maximum Gasteiger partial charge on any atom is 0.303 e. The van der Waals surface area contributed by atoms with Gasteiger partial charge >= 0.3 is 5.97 Å². The van der Waals surface area contributed by atoms with E-state index in [0.29, 0.717) is 6.42 Å². The molecule has 0 amide bonds. The van der Waals surface area contributed by atoms with Gasteiger partial charge in [-0.15, -0.1) is 0 Å². The quantitative estimate of drug-likeness (QED) is 0.748. The second-order valence-electron chi connectivity index (χ2n) is 4.35. The van der Waals surface area contributed by atoms with Gasteiger partial charge in [0, 0.05) is 31.3 Å². The van der Waals surface area contributed by atoms with Gasteiger partial charge in [-0.05, 0) is 26.4 Å². The summed E-state index contributed by atoms with van der Waals surface area (Å²) in [7, 11) is 2.00. The summed E-state index contributed by atoms with van der Waals surface area (Å²) >= 11 is 0. The summed E-state index contributed by atoms with van der Waals surface area (Å²) in [4.78, 5) is 12.5. The van der Waals surface area contributed by atoms with E-state index in [4.69, 9.17) is 5.11 Å². The Morgan fingerprint density at radius 2 is 2.35 bits per heavy atom. The third kappa shape index (κ3) is 5.49. The second-order valence-corrected chi connectivity index (χ2v) is 4.35. The molecular formula is C12H21N3O2. The van der Waals surface area contributed by atoms with E-state index >= 15 is 0 Å². The number of hydrogen-bond acceptors (Lipinski definition) is 3. The highest BCUT2D eigenvalue weighted by atomic mass is 16.4. The van der Waals surface area contributed by atoms with Crippen LogP contribution in [-0.2, 0) is 17.9 Å². The van der Waals surface area contributed by atoms with Crippen molar-refractivity contribution >= 4 is 5.97 Å². The molecule has 0 saturated carbocycles. The van der Waals surface area contributed by atoms with Crippen LogP contribution >= 0.6 is 0 Å². The number of carbonyl (C=O) groups is 1. The average Bonchev–Trinajstić information content (AvgIpc) is 2.65. The van der Waals surface area contributed by atoms with Crippen molar-refractivity contribution in [3.63, 3.8) is 0 Å². The molecule has 5 nitrogen and oxygen atoms in total. The minimum absolute atomic E-state index is 0.236. The van der Waals surface area contributed by atoms with Crippen LogP contribution in [-0.4, -0.2) is 39.3 Å². The molecule has 0 radical (unpaired) electrons. The lowest BCUT2D eigenvalue weighted by molar-refractivity contribution is -0.137.